The van der Waals surface area contributed by atoms with Crippen molar-refractivity contribution in [2.45, 2.75) is 12.8 Å². The molecule has 2 rings (SSSR count). The van der Waals surface area contributed by atoms with Crippen LogP contribution in [0.4, 0.5) is 5.95 Å². The van der Waals surface area contributed by atoms with Gasteiger partial charge in [0, 0.05) is 0 Å². The minimum atomic E-state index is 0.360. The van der Waals surface area contributed by atoms with Gasteiger partial charge >= 0.3 is 0 Å². The van der Waals surface area contributed by atoms with Crippen molar-refractivity contribution in [1.29, 1.82) is 0 Å². The Morgan fingerprint density at radius 2 is 2.43 bits per heavy atom. The Kier molecular flexibility index (Phi) is 2.83. The van der Waals surface area contributed by atoms with Crippen LogP contribution in [-0.4, -0.2) is 16.6 Å². The number of halogens is 1. The van der Waals surface area contributed by atoms with Crippen molar-refractivity contribution in [3.05, 3.63) is 10.7 Å². The second-order valence-corrected chi connectivity index (χ2v) is 4.10. The van der Waals surface area contributed by atoms with Crippen LogP contribution in [0.25, 0.3) is 0 Å². The number of nitrogens with one attached hydrogen (secondary N) is 1. The first-order valence-corrected chi connectivity index (χ1v) is 5.21. The van der Waals surface area contributed by atoms with Crippen molar-refractivity contribution in [3.8, 4) is 5.88 Å². The van der Waals surface area contributed by atoms with E-state index in [2.05, 4.69) is 31.3 Å². The molecular formula is C8H11BrN4O. The quantitative estimate of drug-likeness (QED) is 0.630. The molecule has 1 heterocycles. The molecule has 1 saturated carbocycles. The van der Waals surface area contributed by atoms with Crippen molar-refractivity contribution in [1.82, 2.24) is 9.97 Å². The van der Waals surface area contributed by atoms with E-state index in [4.69, 9.17) is 10.6 Å². The molecule has 0 aliphatic heterocycles. The molecule has 0 spiro atoms. The number of aromatic nitrogens is 2. The average Bonchev–Trinajstić information content (AvgIpc) is 3.00. The highest BCUT2D eigenvalue weighted by Crippen LogP contribution is 2.30. The van der Waals surface area contributed by atoms with Crippen molar-refractivity contribution < 1.29 is 4.74 Å². The predicted molar refractivity (Wildman–Crippen MR) is 55.8 cm³/mol. The van der Waals surface area contributed by atoms with Crippen molar-refractivity contribution >= 4 is 21.9 Å². The summed E-state index contributed by atoms with van der Waals surface area (Å²) < 4.78 is 6.26. The summed E-state index contributed by atoms with van der Waals surface area (Å²) in [5, 5.41) is 0. The number of ether oxygens (including phenoxy) is 1. The molecule has 1 aromatic heterocycles. The number of anilines is 1. The molecule has 6 heteroatoms. The summed E-state index contributed by atoms with van der Waals surface area (Å²) in [5.74, 6) is 6.79. The molecule has 0 aromatic carbocycles. The fourth-order valence-corrected chi connectivity index (χ4v) is 1.31. The molecule has 1 aromatic rings. The zero-order valence-corrected chi connectivity index (χ0v) is 9.12. The van der Waals surface area contributed by atoms with E-state index in [0.29, 0.717) is 17.7 Å². The van der Waals surface area contributed by atoms with Crippen LogP contribution in [0.2, 0.25) is 0 Å². The summed E-state index contributed by atoms with van der Waals surface area (Å²) in [5.41, 5.74) is 2.37. The number of nitrogens with zero attached hydrogens (tertiary/aromatic N) is 2. The summed E-state index contributed by atoms with van der Waals surface area (Å²) in [6.07, 6.45) is 4.12. The Labute approximate surface area is 90.2 Å². The monoisotopic (exact) mass is 258 g/mol. The van der Waals surface area contributed by atoms with Gasteiger partial charge < -0.3 is 4.74 Å². The molecule has 0 radical (unpaired) electrons. The highest BCUT2D eigenvalue weighted by Gasteiger charge is 2.22. The topological polar surface area (TPSA) is 73.1 Å². The van der Waals surface area contributed by atoms with Gasteiger partial charge in [0.2, 0.25) is 11.8 Å². The number of rotatable bonds is 4. The molecule has 1 fully saturated rings. The van der Waals surface area contributed by atoms with Crippen LogP contribution in [0.3, 0.4) is 0 Å². The van der Waals surface area contributed by atoms with Gasteiger partial charge in [-0.3, -0.25) is 5.43 Å². The van der Waals surface area contributed by atoms with Gasteiger partial charge in [-0.2, -0.15) is 4.98 Å². The van der Waals surface area contributed by atoms with Crippen molar-refractivity contribution in [3.63, 3.8) is 0 Å². The molecule has 14 heavy (non-hydrogen) atoms. The van der Waals surface area contributed by atoms with E-state index in [1.165, 1.54) is 12.8 Å². The minimum Gasteiger partial charge on any atom is -0.476 e. The van der Waals surface area contributed by atoms with Crippen LogP contribution in [0, 0.1) is 5.92 Å². The van der Waals surface area contributed by atoms with E-state index in [1.54, 1.807) is 6.20 Å². The Morgan fingerprint density at radius 3 is 3.07 bits per heavy atom. The standard InChI is InChI=1S/C8H11BrN4O/c9-6-3-11-8(13-10)12-7(6)14-4-5-1-2-5/h3,5H,1-2,4,10H2,(H,11,12,13). The molecule has 0 amide bonds. The fraction of sp³-hybridized carbons (Fsp3) is 0.500. The lowest BCUT2D eigenvalue weighted by Gasteiger charge is -2.06. The molecule has 0 saturated heterocycles. The van der Waals surface area contributed by atoms with E-state index in [-0.39, 0.29) is 0 Å². The third-order valence-electron chi connectivity index (χ3n) is 1.99. The zero-order valence-electron chi connectivity index (χ0n) is 7.53. The van der Waals surface area contributed by atoms with Gasteiger partial charge in [-0.1, -0.05) is 0 Å². The lowest BCUT2D eigenvalue weighted by molar-refractivity contribution is 0.286. The Bertz CT molecular complexity index is 329. The first-order valence-electron chi connectivity index (χ1n) is 4.41. The van der Waals surface area contributed by atoms with E-state index < -0.39 is 0 Å². The van der Waals surface area contributed by atoms with Crippen LogP contribution in [0.5, 0.6) is 5.88 Å². The van der Waals surface area contributed by atoms with Crippen LogP contribution in [0.15, 0.2) is 10.7 Å². The maximum Gasteiger partial charge on any atom is 0.240 e. The number of hydrogen-bond donors (Lipinski definition) is 2. The molecule has 0 bridgehead atoms. The summed E-state index contributed by atoms with van der Waals surface area (Å²) >= 11 is 3.31. The van der Waals surface area contributed by atoms with E-state index in [9.17, 15) is 0 Å². The van der Waals surface area contributed by atoms with Gasteiger partial charge in [-0.05, 0) is 34.7 Å². The molecule has 1 aliphatic carbocycles. The van der Waals surface area contributed by atoms with Gasteiger partial charge in [0.15, 0.2) is 0 Å². The first kappa shape index (κ1) is 9.67. The van der Waals surface area contributed by atoms with Crippen molar-refractivity contribution in [2.75, 3.05) is 12.0 Å². The SMILES string of the molecule is NNc1ncc(Br)c(OCC2CC2)n1. The third-order valence-corrected chi connectivity index (χ3v) is 2.54. The summed E-state index contributed by atoms with van der Waals surface area (Å²) in [6.45, 7) is 0.722. The first-order chi connectivity index (χ1) is 6.79. The number of hydrazine groups is 1. The molecule has 5 nitrogen and oxygen atoms in total. The number of nitrogens with two attached hydrogens (primary N) is 1. The Morgan fingerprint density at radius 1 is 1.64 bits per heavy atom. The highest BCUT2D eigenvalue weighted by molar-refractivity contribution is 9.10. The van der Waals surface area contributed by atoms with Crippen LogP contribution < -0.4 is 16.0 Å². The van der Waals surface area contributed by atoms with E-state index >= 15 is 0 Å². The Hall–Kier alpha value is -0.880. The molecule has 0 atom stereocenters. The molecule has 1 aliphatic rings. The van der Waals surface area contributed by atoms with E-state index in [1.807, 2.05) is 0 Å². The van der Waals surface area contributed by atoms with Crippen LogP contribution >= 0.6 is 15.9 Å². The molecule has 76 valence electrons. The van der Waals surface area contributed by atoms with E-state index in [0.717, 1.165) is 11.1 Å². The second kappa shape index (κ2) is 4.10. The van der Waals surface area contributed by atoms with Gasteiger partial charge in [0.1, 0.15) is 0 Å². The maximum atomic E-state index is 5.51. The zero-order chi connectivity index (χ0) is 9.97. The maximum absolute atomic E-state index is 5.51. The average molecular weight is 259 g/mol. The molecule has 0 unspecified atom stereocenters. The van der Waals surface area contributed by atoms with Crippen molar-refractivity contribution in [2.24, 2.45) is 11.8 Å². The van der Waals surface area contributed by atoms with Gasteiger partial charge in [0.25, 0.3) is 0 Å². The molecular weight excluding hydrogens is 248 g/mol. The molecule has 3 N–H and O–H groups in total. The smallest absolute Gasteiger partial charge is 0.240 e. The second-order valence-electron chi connectivity index (χ2n) is 3.25. The van der Waals surface area contributed by atoms with Crippen LogP contribution in [-0.2, 0) is 0 Å². The summed E-state index contributed by atoms with van der Waals surface area (Å²) in [7, 11) is 0. The fourth-order valence-electron chi connectivity index (χ4n) is 1.00. The summed E-state index contributed by atoms with van der Waals surface area (Å²) in [6, 6.07) is 0. The van der Waals surface area contributed by atoms with Gasteiger partial charge in [-0.25, -0.2) is 10.8 Å². The Balaban J connectivity index is 2.04. The number of hydrogen-bond acceptors (Lipinski definition) is 5. The van der Waals surface area contributed by atoms with Gasteiger partial charge in [-0.15, -0.1) is 0 Å². The predicted octanol–water partition coefficient (Wildman–Crippen LogP) is 1.31. The van der Waals surface area contributed by atoms with Gasteiger partial charge in [0.05, 0.1) is 17.3 Å². The highest BCUT2D eigenvalue weighted by atomic mass is 79.9. The third kappa shape index (κ3) is 2.33. The lowest BCUT2D eigenvalue weighted by atomic mass is 10.5. The largest absolute Gasteiger partial charge is 0.476 e. The lowest BCUT2D eigenvalue weighted by Crippen LogP contribution is -2.11. The normalized spacial score (nSPS) is 15.3. The summed E-state index contributed by atoms with van der Waals surface area (Å²) in [4.78, 5) is 8.00. The minimum absolute atomic E-state index is 0.360. The number of nitrogen functional groups attached to an aromatic ring is 1. The van der Waals surface area contributed by atoms with Crippen LogP contribution in [0.1, 0.15) is 12.8 Å².